The van der Waals surface area contributed by atoms with Gasteiger partial charge in [-0.25, -0.2) is 0 Å². The Morgan fingerprint density at radius 2 is 1.50 bits per heavy atom. The first kappa shape index (κ1) is 22.5. The van der Waals surface area contributed by atoms with Crippen LogP contribution in [-0.4, -0.2) is 44.7 Å². The molecule has 0 spiro atoms. The number of piperazine rings is 1. The molecule has 4 nitrogen and oxygen atoms in total. The monoisotopic (exact) mass is 450 g/mol. The van der Waals surface area contributed by atoms with Crippen LogP contribution in [0.1, 0.15) is 23.7 Å². The van der Waals surface area contributed by atoms with Gasteiger partial charge < -0.3 is 14.4 Å². The van der Waals surface area contributed by atoms with Crippen molar-refractivity contribution in [2.24, 2.45) is 0 Å². The predicted octanol–water partition coefficient (Wildman–Crippen LogP) is 5.99. The lowest BCUT2D eigenvalue weighted by Gasteiger charge is -2.37. The van der Waals surface area contributed by atoms with Crippen LogP contribution in [0.15, 0.2) is 72.8 Å². The molecule has 1 unspecified atom stereocenters. The summed E-state index contributed by atoms with van der Waals surface area (Å²) < 4.78 is 11.8. The fourth-order valence-electron chi connectivity index (χ4n) is 4.11. The Bertz CT molecular complexity index is 983. The number of halogens is 1. The van der Waals surface area contributed by atoms with E-state index >= 15 is 0 Å². The second-order valence-electron chi connectivity index (χ2n) is 8.26. The summed E-state index contributed by atoms with van der Waals surface area (Å²) in [4.78, 5) is 4.89. The summed E-state index contributed by atoms with van der Waals surface area (Å²) in [5.41, 5.74) is 3.53. The lowest BCUT2D eigenvalue weighted by Crippen LogP contribution is -2.47. The van der Waals surface area contributed by atoms with Gasteiger partial charge in [-0.1, -0.05) is 53.6 Å². The van der Waals surface area contributed by atoms with Gasteiger partial charge in [-0.15, -0.1) is 0 Å². The molecule has 168 valence electrons. The normalized spacial score (nSPS) is 15.4. The molecule has 1 atom stereocenters. The van der Waals surface area contributed by atoms with Gasteiger partial charge in [0.25, 0.3) is 0 Å². The number of aryl methyl sites for hydroxylation is 1. The van der Waals surface area contributed by atoms with E-state index in [4.69, 9.17) is 21.1 Å². The molecule has 32 heavy (non-hydrogen) atoms. The van der Waals surface area contributed by atoms with Crippen LogP contribution in [-0.2, 0) is 0 Å². The summed E-state index contributed by atoms with van der Waals surface area (Å²) in [5, 5.41) is 0.826. The molecule has 1 fully saturated rings. The van der Waals surface area contributed by atoms with E-state index < -0.39 is 0 Å². The van der Waals surface area contributed by atoms with Crippen molar-refractivity contribution in [1.29, 1.82) is 0 Å². The molecule has 0 bridgehead atoms. The molecule has 0 radical (unpaired) electrons. The molecule has 0 aliphatic carbocycles. The van der Waals surface area contributed by atoms with Crippen molar-refractivity contribution in [3.63, 3.8) is 0 Å². The molecule has 0 amide bonds. The third-order valence-corrected chi connectivity index (χ3v) is 6.38. The summed E-state index contributed by atoms with van der Waals surface area (Å²) in [6, 6.07) is 24.6. The number of para-hydroxylation sites is 1. The Morgan fingerprint density at radius 1 is 0.844 bits per heavy atom. The van der Waals surface area contributed by atoms with Crippen molar-refractivity contribution in [2.75, 3.05) is 44.7 Å². The minimum atomic E-state index is -0.00907. The second-order valence-corrected chi connectivity index (χ2v) is 8.67. The largest absolute Gasteiger partial charge is 0.497 e. The maximum atomic E-state index is 6.43. The molecule has 1 aliphatic rings. The summed E-state index contributed by atoms with van der Waals surface area (Å²) >= 11 is 6.39. The zero-order chi connectivity index (χ0) is 22.3. The summed E-state index contributed by atoms with van der Waals surface area (Å²) in [7, 11) is 1.69. The first-order valence-corrected chi connectivity index (χ1v) is 11.6. The Labute approximate surface area is 196 Å². The van der Waals surface area contributed by atoms with Gasteiger partial charge in [0.1, 0.15) is 17.6 Å². The summed E-state index contributed by atoms with van der Waals surface area (Å²) in [6.45, 7) is 7.08. The molecule has 4 rings (SSSR count). The van der Waals surface area contributed by atoms with E-state index in [2.05, 4.69) is 53.1 Å². The average Bonchev–Trinajstić information content (AvgIpc) is 2.84. The molecule has 0 aromatic heterocycles. The first-order valence-electron chi connectivity index (χ1n) is 11.2. The third-order valence-electron chi connectivity index (χ3n) is 6.06. The van der Waals surface area contributed by atoms with Crippen LogP contribution < -0.4 is 14.4 Å². The SMILES string of the molecule is COc1ccc(C(CCN2CCN(c3ccccc3Cl)CC2)Oc2ccc(C)cc2)cc1. The van der Waals surface area contributed by atoms with Gasteiger partial charge in [0.2, 0.25) is 0 Å². The Morgan fingerprint density at radius 3 is 2.16 bits per heavy atom. The summed E-state index contributed by atoms with van der Waals surface area (Å²) in [5.74, 6) is 1.76. The minimum Gasteiger partial charge on any atom is -0.497 e. The van der Waals surface area contributed by atoms with Crippen molar-refractivity contribution in [1.82, 2.24) is 4.90 Å². The quantitative estimate of drug-likeness (QED) is 0.421. The van der Waals surface area contributed by atoms with E-state index in [0.717, 1.165) is 61.4 Å². The van der Waals surface area contributed by atoms with Gasteiger partial charge in [0.05, 0.1) is 17.8 Å². The molecule has 5 heteroatoms. The number of nitrogens with zero attached hydrogens (tertiary/aromatic N) is 2. The maximum absolute atomic E-state index is 6.43. The maximum Gasteiger partial charge on any atom is 0.125 e. The van der Waals surface area contributed by atoms with Crippen LogP contribution in [0, 0.1) is 6.92 Å². The number of hydrogen-bond donors (Lipinski definition) is 0. The van der Waals surface area contributed by atoms with Crippen LogP contribution in [0.3, 0.4) is 0 Å². The minimum absolute atomic E-state index is 0.00907. The molecular formula is C27H31ClN2O2. The lowest BCUT2D eigenvalue weighted by atomic mass is 10.1. The van der Waals surface area contributed by atoms with Crippen LogP contribution in [0.4, 0.5) is 5.69 Å². The number of hydrogen-bond acceptors (Lipinski definition) is 4. The fraction of sp³-hybridized carbons (Fsp3) is 0.333. The van der Waals surface area contributed by atoms with Gasteiger partial charge in [-0.3, -0.25) is 4.90 Å². The Kier molecular flexibility index (Phi) is 7.56. The molecular weight excluding hydrogens is 420 g/mol. The standard InChI is InChI=1S/C27H31ClN2O2/c1-21-7-11-24(12-8-21)32-27(22-9-13-23(31-2)14-10-22)15-16-29-17-19-30(20-18-29)26-6-4-3-5-25(26)28/h3-14,27H,15-20H2,1-2H3. The Hall–Kier alpha value is -2.69. The molecule has 0 saturated carbocycles. The summed E-state index contributed by atoms with van der Waals surface area (Å²) in [6.07, 6.45) is 0.914. The van der Waals surface area contributed by atoms with Gasteiger partial charge in [-0.05, 0) is 48.9 Å². The molecule has 1 saturated heterocycles. The van der Waals surface area contributed by atoms with Crippen LogP contribution in [0.5, 0.6) is 11.5 Å². The predicted molar refractivity (Wildman–Crippen MR) is 132 cm³/mol. The van der Waals surface area contributed by atoms with Gasteiger partial charge >= 0.3 is 0 Å². The average molecular weight is 451 g/mol. The van der Waals surface area contributed by atoms with Crippen molar-refractivity contribution in [3.05, 3.63) is 88.9 Å². The molecule has 1 aliphatic heterocycles. The molecule has 3 aromatic carbocycles. The number of anilines is 1. The lowest BCUT2D eigenvalue weighted by molar-refractivity contribution is 0.160. The van der Waals surface area contributed by atoms with Gasteiger partial charge in [-0.2, -0.15) is 0 Å². The van der Waals surface area contributed by atoms with Gasteiger partial charge in [0.15, 0.2) is 0 Å². The smallest absolute Gasteiger partial charge is 0.125 e. The molecule has 0 N–H and O–H groups in total. The number of benzene rings is 3. The highest BCUT2D eigenvalue weighted by Crippen LogP contribution is 2.29. The van der Waals surface area contributed by atoms with E-state index in [-0.39, 0.29) is 6.10 Å². The zero-order valence-electron chi connectivity index (χ0n) is 18.8. The van der Waals surface area contributed by atoms with E-state index in [9.17, 15) is 0 Å². The fourth-order valence-corrected chi connectivity index (χ4v) is 4.37. The number of rotatable bonds is 8. The van der Waals surface area contributed by atoms with Crippen molar-refractivity contribution in [3.8, 4) is 11.5 Å². The number of ether oxygens (including phenoxy) is 2. The van der Waals surface area contributed by atoms with E-state index in [1.165, 1.54) is 11.1 Å². The highest BCUT2D eigenvalue weighted by Gasteiger charge is 2.21. The third kappa shape index (κ3) is 5.76. The Balaban J connectivity index is 1.38. The highest BCUT2D eigenvalue weighted by atomic mass is 35.5. The molecule has 1 heterocycles. The van der Waals surface area contributed by atoms with Crippen molar-refractivity contribution < 1.29 is 9.47 Å². The topological polar surface area (TPSA) is 24.9 Å². The zero-order valence-corrected chi connectivity index (χ0v) is 19.6. The van der Waals surface area contributed by atoms with E-state index in [0.29, 0.717) is 0 Å². The molecule has 3 aromatic rings. The highest BCUT2D eigenvalue weighted by molar-refractivity contribution is 6.33. The van der Waals surface area contributed by atoms with Gasteiger partial charge in [0, 0.05) is 39.1 Å². The second kappa shape index (κ2) is 10.8. The van der Waals surface area contributed by atoms with Crippen molar-refractivity contribution >= 4 is 17.3 Å². The van der Waals surface area contributed by atoms with Crippen molar-refractivity contribution in [2.45, 2.75) is 19.4 Å². The van der Waals surface area contributed by atoms with Crippen LogP contribution >= 0.6 is 11.6 Å². The van der Waals surface area contributed by atoms with E-state index in [1.807, 2.05) is 36.4 Å². The first-order chi connectivity index (χ1) is 15.6. The van der Waals surface area contributed by atoms with Crippen LogP contribution in [0.25, 0.3) is 0 Å². The van der Waals surface area contributed by atoms with E-state index in [1.54, 1.807) is 7.11 Å². The number of methoxy groups -OCH3 is 1. The van der Waals surface area contributed by atoms with Crippen LogP contribution in [0.2, 0.25) is 5.02 Å².